The number of hydrogen-bond acceptors (Lipinski definition) is 5. The molecule has 0 unspecified atom stereocenters. The summed E-state index contributed by atoms with van der Waals surface area (Å²) in [6, 6.07) is 0. The van der Waals surface area contributed by atoms with Gasteiger partial charge in [-0.1, -0.05) is 5.21 Å². The lowest BCUT2D eigenvalue weighted by Crippen LogP contribution is -2.37. The predicted molar refractivity (Wildman–Crippen MR) is 81.1 cm³/mol. The van der Waals surface area contributed by atoms with Crippen LogP contribution in [0.5, 0.6) is 0 Å². The zero-order valence-electron chi connectivity index (χ0n) is 13.5. The van der Waals surface area contributed by atoms with Gasteiger partial charge in [0.15, 0.2) is 0 Å². The lowest BCUT2D eigenvalue weighted by atomic mass is 9.98. The second-order valence-corrected chi connectivity index (χ2v) is 6.76. The number of rotatable bonds is 7. The first-order valence-electron chi connectivity index (χ1n) is 7.96. The molecule has 0 spiro atoms. The molecule has 0 N–H and O–H groups in total. The van der Waals surface area contributed by atoms with Gasteiger partial charge in [-0.2, -0.15) is 0 Å². The molecule has 6 heteroatoms. The molecule has 1 aliphatic heterocycles. The van der Waals surface area contributed by atoms with Gasteiger partial charge in [0.25, 0.3) is 0 Å². The van der Waals surface area contributed by atoms with Crippen molar-refractivity contribution < 1.29 is 4.74 Å². The zero-order chi connectivity index (χ0) is 14.8. The maximum atomic E-state index is 5.90. The van der Waals surface area contributed by atoms with Crippen LogP contribution in [0.4, 0.5) is 0 Å². The summed E-state index contributed by atoms with van der Waals surface area (Å²) in [5.41, 5.74) is 2.41. The van der Waals surface area contributed by atoms with E-state index in [0.717, 1.165) is 44.5 Å². The van der Waals surface area contributed by atoms with E-state index < -0.39 is 0 Å². The number of likely N-dealkylation sites (N-methyl/N-ethyl adjacent to an activating group) is 1. The van der Waals surface area contributed by atoms with Crippen molar-refractivity contribution in [3.8, 4) is 0 Å². The minimum atomic E-state index is 0.398. The molecular weight excluding hydrogens is 266 g/mol. The fourth-order valence-electron chi connectivity index (χ4n) is 3.10. The first kappa shape index (κ1) is 14.9. The third-order valence-corrected chi connectivity index (χ3v) is 4.40. The van der Waals surface area contributed by atoms with Crippen LogP contribution in [-0.2, 0) is 18.3 Å². The Kier molecular flexibility index (Phi) is 4.57. The molecule has 0 aromatic carbocycles. The zero-order valence-corrected chi connectivity index (χ0v) is 13.5. The SMILES string of the molecule is CN(C)CCOC[C@H]1CN(CC2CC2)Cc2nnn(C)c21. The van der Waals surface area contributed by atoms with Crippen LogP contribution in [0.2, 0.25) is 0 Å². The van der Waals surface area contributed by atoms with Crippen molar-refractivity contribution in [1.29, 1.82) is 0 Å². The Morgan fingerprint density at radius 3 is 2.86 bits per heavy atom. The van der Waals surface area contributed by atoms with Crippen LogP contribution in [-0.4, -0.2) is 71.7 Å². The molecule has 2 heterocycles. The lowest BCUT2D eigenvalue weighted by Gasteiger charge is -2.32. The normalized spacial score (nSPS) is 22.8. The topological polar surface area (TPSA) is 46.4 Å². The van der Waals surface area contributed by atoms with Gasteiger partial charge in [-0.3, -0.25) is 9.58 Å². The molecule has 2 aliphatic rings. The average molecular weight is 293 g/mol. The highest BCUT2D eigenvalue weighted by molar-refractivity contribution is 5.19. The van der Waals surface area contributed by atoms with Gasteiger partial charge in [0.2, 0.25) is 0 Å². The number of aromatic nitrogens is 3. The fraction of sp³-hybridized carbons (Fsp3) is 0.867. The molecular formula is C15H27N5O. The minimum Gasteiger partial charge on any atom is -0.379 e. The Hall–Kier alpha value is -0.980. The summed E-state index contributed by atoms with van der Waals surface area (Å²) >= 11 is 0. The quantitative estimate of drug-likeness (QED) is 0.693. The summed E-state index contributed by atoms with van der Waals surface area (Å²) < 4.78 is 7.83. The second-order valence-electron chi connectivity index (χ2n) is 6.76. The molecule has 118 valence electrons. The molecule has 0 radical (unpaired) electrons. The molecule has 1 fully saturated rings. The molecule has 1 aromatic rings. The molecule has 3 rings (SSSR count). The molecule has 0 amide bonds. The maximum Gasteiger partial charge on any atom is 0.100 e. The van der Waals surface area contributed by atoms with Crippen LogP contribution < -0.4 is 0 Å². The molecule has 1 aromatic heterocycles. The van der Waals surface area contributed by atoms with Gasteiger partial charge in [-0.15, -0.1) is 5.10 Å². The van der Waals surface area contributed by atoms with Crippen molar-refractivity contribution in [2.75, 3.05) is 46.9 Å². The molecule has 0 saturated heterocycles. The van der Waals surface area contributed by atoms with Gasteiger partial charge in [0.1, 0.15) is 5.69 Å². The van der Waals surface area contributed by atoms with Crippen LogP contribution >= 0.6 is 0 Å². The maximum absolute atomic E-state index is 5.90. The van der Waals surface area contributed by atoms with Crippen LogP contribution in [0.1, 0.15) is 30.1 Å². The van der Waals surface area contributed by atoms with E-state index in [2.05, 4.69) is 34.2 Å². The summed E-state index contributed by atoms with van der Waals surface area (Å²) in [5, 5.41) is 8.56. The Morgan fingerprint density at radius 1 is 1.33 bits per heavy atom. The van der Waals surface area contributed by atoms with Gasteiger partial charge in [-0.05, 0) is 32.9 Å². The van der Waals surface area contributed by atoms with E-state index in [1.165, 1.54) is 25.1 Å². The smallest absolute Gasteiger partial charge is 0.100 e. The van der Waals surface area contributed by atoms with Crippen molar-refractivity contribution in [3.63, 3.8) is 0 Å². The average Bonchev–Trinajstić information content (AvgIpc) is 3.17. The van der Waals surface area contributed by atoms with Crippen molar-refractivity contribution in [1.82, 2.24) is 24.8 Å². The number of aryl methyl sites for hydroxylation is 1. The van der Waals surface area contributed by atoms with E-state index in [9.17, 15) is 0 Å². The van der Waals surface area contributed by atoms with Crippen LogP contribution in [0.3, 0.4) is 0 Å². The van der Waals surface area contributed by atoms with E-state index in [1.54, 1.807) is 0 Å². The Morgan fingerprint density at radius 2 is 2.14 bits per heavy atom. The summed E-state index contributed by atoms with van der Waals surface area (Å²) in [6.45, 7) is 5.76. The van der Waals surface area contributed by atoms with Gasteiger partial charge < -0.3 is 9.64 Å². The lowest BCUT2D eigenvalue weighted by molar-refractivity contribution is 0.0840. The number of fused-ring (bicyclic) bond motifs is 1. The summed E-state index contributed by atoms with van der Waals surface area (Å²) in [7, 11) is 6.14. The second kappa shape index (κ2) is 6.42. The van der Waals surface area contributed by atoms with E-state index in [4.69, 9.17) is 4.74 Å². The van der Waals surface area contributed by atoms with Crippen LogP contribution in [0.15, 0.2) is 0 Å². The first-order chi connectivity index (χ1) is 10.1. The van der Waals surface area contributed by atoms with Crippen molar-refractivity contribution >= 4 is 0 Å². The third kappa shape index (κ3) is 3.81. The molecule has 0 bridgehead atoms. The minimum absolute atomic E-state index is 0.398. The van der Waals surface area contributed by atoms with Crippen LogP contribution in [0, 0.1) is 5.92 Å². The van der Waals surface area contributed by atoms with Crippen molar-refractivity contribution in [2.24, 2.45) is 13.0 Å². The Bertz CT molecular complexity index is 469. The highest BCUT2D eigenvalue weighted by Crippen LogP contribution is 2.33. The van der Waals surface area contributed by atoms with Gasteiger partial charge in [-0.25, -0.2) is 0 Å². The van der Waals surface area contributed by atoms with E-state index in [-0.39, 0.29) is 0 Å². The monoisotopic (exact) mass is 293 g/mol. The van der Waals surface area contributed by atoms with E-state index in [1.807, 2.05) is 11.7 Å². The molecule has 1 atom stereocenters. The predicted octanol–water partition coefficient (Wildman–Crippen LogP) is 0.703. The van der Waals surface area contributed by atoms with Gasteiger partial charge in [0, 0.05) is 39.1 Å². The van der Waals surface area contributed by atoms with E-state index >= 15 is 0 Å². The van der Waals surface area contributed by atoms with E-state index in [0.29, 0.717) is 5.92 Å². The highest BCUT2D eigenvalue weighted by atomic mass is 16.5. The molecule has 6 nitrogen and oxygen atoms in total. The van der Waals surface area contributed by atoms with Crippen molar-refractivity contribution in [3.05, 3.63) is 11.4 Å². The molecule has 21 heavy (non-hydrogen) atoms. The standard InChI is InChI=1S/C15H27N5O/c1-18(2)6-7-21-11-13-9-20(8-12-4-5-12)10-14-15(13)19(3)17-16-14/h12-13H,4-11H2,1-3H3/t13-/m1/s1. The van der Waals surface area contributed by atoms with Crippen LogP contribution in [0.25, 0.3) is 0 Å². The number of ether oxygens (including phenoxy) is 1. The first-order valence-corrected chi connectivity index (χ1v) is 7.96. The summed E-state index contributed by atoms with van der Waals surface area (Å²) in [6.07, 6.45) is 2.79. The summed E-state index contributed by atoms with van der Waals surface area (Å²) in [4.78, 5) is 4.69. The molecule has 1 saturated carbocycles. The number of hydrogen-bond donors (Lipinski definition) is 0. The highest BCUT2D eigenvalue weighted by Gasteiger charge is 2.33. The van der Waals surface area contributed by atoms with Gasteiger partial charge >= 0.3 is 0 Å². The van der Waals surface area contributed by atoms with Crippen molar-refractivity contribution in [2.45, 2.75) is 25.3 Å². The fourth-order valence-corrected chi connectivity index (χ4v) is 3.10. The third-order valence-electron chi connectivity index (χ3n) is 4.40. The Balaban J connectivity index is 1.60. The molecule has 1 aliphatic carbocycles. The Labute approximate surface area is 127 Å². The van der Waals surface area contributed by atoms with Gasteiger partial charge in [0.05, 0.1) is 18.9 Å². The largest absolute Gasteiger partial charge is 0.379 e. The summed E-state index contributed by atoms with van der Waals surface area (Å²) in [5.74, 6) is 1.31. The number of nitrogens with zero attached hydrogens (tertiary/aromatic N) is 5.